The van der Waals surface area contributed by atoms with E-state index in [0.29, 0.717) is 12.1 Å². The van der Waals surface area contributed by atoms with Gasteiger partial charge in [-0.1, -0.05) is 0 Å². The zero-order valence-electron chi connectivity index (χ0n) is 9.27. The predicted molar refractivity (Wildman–Crippen MR) is 60.9 cm³/mol. The average molecular weight is 288 g/mol. The molecule has 0 unspecified atom stereocenters. The first-order valence-electron chi connectivity index (χ1n) is 4.93. The Morgan fingerprint density at radius 2 is 1.74 bits per heavy atom. The van der Waals surface area contributed by atoms with E-state index in [4.69, 9.17) is 5.14 Å². The van der Waals surface area contributed by atoms with Crippen LogP contribution in [0.4, 0.5) is 13.2 Å². The largest absolute Gasteiger partial charge is 0.250 e. The number of nitrogens with zero attached hydrogens (tertiary/aromatic N) is 1. The van der Waals surface area contributed by atoms with Crippen molar-refractivity contribution in [2.45, 2.75) is 4.90 Å². The molecule has 2 rings (SSSR count). The molecule has 19 heavy (non-hydrogen) atoms. The smallest absolute Gasteiger partial charge is 0.238 e. The average Bonchev–Trinajstić information content (AvgIpc) is 2.28. The molecular formula is C11H7F3N2O2S. The van der Waals surface area contributed by atoms with Crippen LogP contribution >= 0.6 is 0 Å². The molecule has 1 heterocycles. The Balaban J connectivity index is 2.59. The van der Waals surface area contributed by atoms with E-state index in [1.54, 1.807) is 0 Å². The molecule has 4 nitrogen and oxygen atoms in total. The minimum absolute atomic E-state index is 0.287. The van der Waals surface area contributed by atoms with E-state index in [1.165, 1.54) is 0 Å². The molecule has 0 amide bonds. The van der Waals surface area contributed by atoms with Gasteiger partial charge in [-0.3, -0.25) is 4.98 Å². The summed E-state index contributed by atoms with van der Waals surface area (Å²) >= 11 is 0. The number of hydrogen-bond acceptors (Lipinski definition) is 3. The Kier molecular flexibility index (Phi) is 3.29. The van der Waals surface area contributed by atoms with Crippen LogP contribution < -0.4 is 5.14 Å². The van der Waals surface area contributed by atoms with E-state index in [0.717, 1.165) is 18.3 Å². The van der Waals surface area contributed by atoms with Gasteiger partial charge in [0.15, 0.2) is 5.82 Å². The van der Waals surface area contributed by atoms with Crippen molar-refractivity contribution in [1.29, 1.82) is 0 Å². The number of halogens is 3. The first kappa shape index (κ1) is 13.5. The maximum absolute atomic E-state index is 13.7. The fraction of sp³-hybridized carbons (Fsp3) is 0. The number of hydrogen-bond donors (Lipinski definition) is 1. The van der Waals surface area contributed by atoms with Gasteiger partial charge in [0.05, 0.1) is 11.1 Å². The number of aromatic nitrogens is 1. The number of pyridine rings is 1. The van der Waals surface area contributed by atoms with E-state index in [1.807, 2.05) is 0 Å². The highest BCUT2D eigenvalue weighted by Gasteiger charge is 2.16. The molecule has 0 saturated heterocycles. The van der Waals surface area contributed by atoms with Crippen LogP contribution in [-0.4, -0.2) is 13.4 Å². The van der Waals surface area contributed by atoms with Crippen molar-refractivity contribution < 1.29 is 21.6 Å². The molecule has 1 aromatic carbocycles. The minimum Gasteiger partial charge on any atom is -0.250 e. The van der Waals surface area contributed by atoms with Crippen LogP contribution in [0.25, 0.3) is 11.3 Å². The molecule has 0 saturated carbocycles. The molecule has 0 aliphatic heterocycles. The van der Waals surface area contributed by atoms with E-state index in [-0.39, 0.29) is 5.56 Å². The Labute approximate surface area is 106 Å². The van der Waals surface area contributed by atoms with Gasteiger partial charge in [-0.25, -0.2) is 26.7 Å². The Morgan fingerprint density at radius 1 is 1.05 bits per heavy atom. The van der Waals surface area contributed by atoms with Crippen molar-refractivity contribution in [1.82, 2.24) is 4.98 Å². The molecule has 0 atom stereocenters. The summed E-state index contributed by atoms with van der Waals surface area (Å²) in [6.07, 6.45) is 0.728. The fourth-order valence-corrected chi connectivity index (χ4v) is 2.00. The van der Waals surface area contributed by atoms with Gasteiger partial charge in [0.2, 0.25) is 10.0 Å². The van der Waals surface area contributed by atoms with E-state index in [2.05, 4.69) is 4.98 Å². The van der Waals surface area contributed by atoms with E-state index < -0.39 is 38.1 Å². The summed E-state index contributed by atoms with van der Waals surface area (Å²) in [7, 11) is -4.06. The van der Waals surface area contributed by atoms with E-state index >= 15 is 0 Å². The monoisotopic (exact) mass is 288 g/mol. The van der Waals surface area contributed by atoms with Gasteiger partial charge < -0.3 is 0 Å². The molecular weight excluding hydrogens is 281 g/mol. The van der Waals surface area contributed by atoms with Crippen molar-refractivity contribution in [2.24, 2.45) is 5.14 Å². The molecule has 0 bridgehead atoms. The van der Waals surface area contributed by atoms with Gasteiger partial charge in [-0.15, -0.1) is 0 Å². The lowest BCUT2D eigenvalue weighted by atomic mass is 10.1. The first-order valence-corrected chi connectivity index (χ1v) is 6.47. The highest BCUT2D eigenvalue weighted by molar-refractivity contribution is 7.89. The molecule has 2 N–H and O–H groups in total. The zero-order valence-corrected chi connectivity index (χ0v) is 10.1. The molecule has 0 radical (unpaired) electrons. The van der Waals surface area contributed by atoms with Crippen LogP contribution in [-0.2, 0) is 10.0 Å². The summed E-state index contributed by atoms with van der Waals surface area (Å²) in [5.41, 5.74) is -0.704. The Bertz CT molecular complexity index is 748. The summed E-state index contributed by atoms with van der Waals surface area (Å²) in [6, 6.07) is 3.22. The first-order chi connectivity index (χ1) is 8.79. The van der Waals surface area contributed by atoms with Crippen LogP contribution in [0.5, 0.6) is 0 Å². The standard InChI is InChI=1S/C11H7F3N2O2S/c12-6-3-10(14)11(16-5-6)8-2-1-7(4-9(8)13)19(15,17)18/h1-5H,(H2,15,17,18). The van der Waals surface area contributed by atoms with Crippen LogP contribution in [0.3, 0.4) is 0 Å². The second kappa shape index (κ2) is 4.63. The minimum atomic E-state index is -4.06. The molecule has 100 valence electrons. The summed E-state index contributed by atoms with van der Waals surface area (Å²) < 4.78 is 61.9. The normalized spacial score (nSPS) is 11.6. The third kappa shape index (κ3) is 2.74. The summed E-state index contributed by atoms with van der Waals surface area (Å²) in [5.74, 6) is -2.98. The number of nitrogens with two attached hydrogens (primary N) is 1. The van der Waals surface area contributed by atoms with Crippen molar-refractivity contribution >= 4 is 10.0 Å². The lowest BCUT2D eigenvalue weighted by molar-refractivity contribution is 0.572. The van der Waals surface area contributed by atoms with Gasteiger partial charge in [0, 0.05) is 11.6 Å². The lowest BCUT2D eigenvalue weighted by Gasteiger charge is -2.05. The van der Waals surface area contributed by atoms with Crippen LogP contribution in [0.2, 0.25) is 0 Å². The lowest BCUT2D eigenvalue weighted by Crippen LogP contribution is -2.12. The van der Waals surface area contributed by atoms with Gasteiger partial charge in [0.25, 0.3) is 0 Å². The SMILES string of the molecule is NS(=O)(=O)c1ccc(-c2ncc(F)cc2F)c(F)c1. The second-order valence-electron chi connectivity index (χ2n) is 3.67. The quantitative estimate of drug-likeness (QED) is 0.916. The molecule has 2 aromatic rings. The summed E-state index contributed by atoms with van der Waals surface area (Å²) in [4.78, 5) is 2.98. The number of primary sulfonamides is 1. The predicted octanol–water partition coefficient (Wildman–Crippen LogP) is 1.81. The number of sulfonamides is 1. The number of rotatable bonds is 2. The maximum Gasteiger partial charge on any atom is 0.238 e. The van der Waals surface area contributed by atoms with Gasteiger partial charge in [-0.2, -0.15) is 0 Å². The third-order valence-corrected chi connectivity index (χ3v) is 3.24. The molecule has 1 aromatic heterocycles. The second-order valence-corrected chi connectivity index (χ2v) is 5.23. The van der Waals surface area contributed by atoms with E-state index in [9.17, 15) is 21.6 Å². The van der Waals surface area contributed by atoms with Crippen molar-refractivity contribution in [2.75, 3.05) is 0 Å². The van der Waals surface area contributed by atoms with Crippen molar-refractivity contribution in [3.8, 4) is 11.3 Å². The van der Waals surface area contributed by atoms with Gasteiger partial charge in [-0.05, 0) is 18.2 Å². The molecule has 0 aliphatic carbocycles. The summed E-state index contributed by atoms with van der Waals surface area (Å²) in [5, 5.41) is 4.83. The molecule has 0 aliphatic rings. The topological polar surface area (TPSA) is 73.1 Å². The fourth-order valence-electron chi connectivity index (χ4n) is 1.48. The van der Waals surface area contributed by atoms with Crippen molar-refractivity contribution in [3.05, 3.63) is 47.9 Å². The maximum atomic E-state index is 13.7. The molecule has 0 fully saturated rings. The van der Waals surface area contributed by atoms with Crippen LogP contribution in [0.15, 0.2) is 35.4 Å². The van der Waals surface area contributed by atoms with Crippen LogP contribution in [0.1, 0.15) is 0 Å². The molecule has 0 spiro atoms. The highest BCUT2D eigenvalue weighted by atomic mass is 32.2. The van der Waals surface area contributed by atoms with Gasteiger partial charge in [0.1, 0.15) is 17.3 Å². The Hall–Kier alpha value is -1.93. The highest BCUT2D eigenvalue weighted by Crippen LogP contribution is 2.25. The Morgan fingerprint density at radius 3 is 2.26 bits per heavy atom. The number of benzene rings is 1. The third-order valence-electron chi connectivity index (χ3n) is 2.33. The zero-order chi connectivity index (χ0) is 14.2. The summed E-state index contributed by atoms with van der Waals surface area (Å²) in [6.45, 7) is 0. The van der Waals surface area contributed by atoms with Crippen LogP contribution in [0, 0.1) is 17.5 Å². The van der Waals surface area contributed by atoms with Gasteiger partial charge >= 0.3 is 0 Å². The van der Waals surface area contributed by atoms with Crippen molar-refractivity contribution in [3.63, 3.8) is 0 Å². The molecule has 8 heteroatoms.